The van der Waals surface area contributed by atoms with Gasteiger partial charge in [-0.3, -0.25) is 4.79 Å². The lowest BCUT2D eigenvalue weighted by Gasteiger charge is -2.06. The second-order valence-electron chi connectivity index (χ2n) is 9.11. The fourth-order valence-corrected chi connectivity index (χ4v) is 5.63. The molecular formula is C30H23Cl2N5O2S. The molecule has 0 bridgehead atoms. The van der Waals surface area contributed by atoms with Crippen LogP contribution in [0.2, 0.25) is 10.0 Å². The monoisotopic (exact) mass is 587 g/mol. The van der Waals surface area contributed by atoms with Crippen LogP contribution >= 0.6 is 34.5 Å². The van der Waals surface area contributed by atoms with Crippen molar-refractivity contribution in [2.45, 2.75) is 19.8 Å². The molecule has 0 atom stereocenters. The Morgan fingerprint density at radius 2 is 1.80 bits per heavy atom. The molecule has 3 heterocycles. The van der Waals surface area contributed by atoms with Crippen LogP contribution in [-0.2, 0) is 0 Å². The molecule has 0 amide bonds. The zero-order valence-electron chi connectivity index (χ0n) is 21.4. The highest BCUT2D eigenvalue weighted by atomic mass is 35.5. The summed E-state index contributed by atoms with van der Waals surface area (Å²) in [6, 6.07) is 22.8. The predicted octanol–water partition coefficient (Wildman–Crippen LogP) is 6.70. The number of rotatable bonds is 8. The smallest absolute Gasteiger partial charge is 0.291 e. The minimum atomic E-state index is -0.262. The molecule has 3 aromatic carbocycles. The van der Waals surface area contributed by atoms with Crippen molar-refractivity contribution >= 4 is 45.6 Å². The lowest BCUT2D eigenvalue weighted by Crippen LogP contribution is -2.23. The third-order valence-corrected chi connectivity index (χ3v) is 7.81. The van der Waals surface area contributed by atoms with Crippen LogP contribution in [0.25, 0.3) is 39.4 Å². The molecule has 0 aliphatic rings. The lowest BCUT2D eigenvalue weighted by atomic mass is 10.1. The maximum absolute atomic E-state index is 13.4. The predicted molar refractivity (Wildman–Crippen MR) is 161 cm³/mol. The van der Waals surface area contributed by atoms with Crippen molar-refractivity contribution in [2.24, 2.45) is 0 Å². The molecule has 6 rings (SSSR count). The molecule has 0 aliphatic heterocycles. The Morgan fingerprint density at radius 1 is 1.00 bits per heavy atom. The van der Waals surface area contributed by atoms with Crippen LogP contribution in [0.1, 0.15) is 25.3 Å². The first-order valence-electron chi connectivity index (χ1n) is 12.7. The number of fused-ring (bicyclic) bond motifs is 1. The van der Waals surface area contributed by atoms with Gasteiger partial charge in [0.1, 0.15) is 11.4 Å². The van der Waals surface area contributed by atoms with E-state index in [4.69, 9.17) is 33.0 Å². The number of unbranched alkanes of at least 4 members (excludes halogenated alkanes) is 1. The molecule has 40 heavy (non-hydrogen) atoms. The Labute approximate surface area is 243 Å². The zero-order chi connectivity index (χ0) is 27.6. The zero-order valence-corrected chi connectivity index (χ0v) is 23.7. The van der Waals surface area contributed by atoms with E-state index in [1.807, 2.05) is 71.6 Å². The van der Waals surface area contributed by atoms with E-state index in [1.54, 1.807) is 18.2 Å². The fraction of sp³-hybridized carbons (Fsp3) is 0.133. The van der Waals surface area contributed by atoms with E-state index in [0.717, 1.165) is 41.1 Å². The average molecular weight is 589 g/mol. The van der Waals surface area contributed by atoms with Gasteiger partial charge in [0.2, 0.25) is 4.96 Å². The van der Waals surface area contributed by atoms with Crippen molar-refractivity contribution in [2.75, 3.05) is 6.61 Å². The molecule has 0 saturated heterocycles. The van der Waals surface area contributed by atoms with Crippen LogP contribution in [0.4, 0.5) is 0 Å². The molecule has 3 aromatic heterocycles. The summed E-state index contributed by atoms with van der Waals surface area (Å²) in [5, 5.41) is 10.2. The first-order chi connectivity index (χ1) is 19.5. The van der Waals surface area contributed by atoms with Crippen LogP contribution in [0.3, 0.4) is 0 Å². The number of aromatic nitrogens is 5. The van der Waals surface area contributed by atoms with E-state index in [9.17, 15) is 4.79 Å². The van der Waals surface area contributed by atoms with Gasteiger partial charge in [-0.2, -0.15) is 14.6 Å². The molecule has 10 heteroatoms. The molecule has 6 aromatic rings. The van der Waals surface area contributed by atoms with Crippen molar-refractivity contribution in [1.29, 1.82) is 0 Å². The van der Waals surface area contributed by atoms with E-state index in [1.165, 1.54) is 15.9 Å². The minimum Gasteiger partial charge on any atom is -0.494 e. The van der Waals surface area contributed by atoms with Crippen molar-refractivity contribution in [3.05, 3.63) is 109 Å². The first-order valence-corrected chi connectivity index (χ1v) is 14.3. The topological polar surface area (TPSA) is 74.3 Å². The summed E-state index contributed by atoms with van der Waals surface area (Å²) in [5.41, 5.74) is 3.72. The number of nitrogens with zero attached hydrogens (tertiary/aromatic N) is 5. The fourth-order valence-electron chi connectivity index (χ4n) is 4.23. The van der Waals surface area contributed by atoms with Crippen molar-refractivity contribution in [1.82, 2.24) is 24.4 Å². The van der Waals surface area contributed by atoms with Gasteiger partial charge in [-0.05, 0) is 67.1 Å². The minimum absolute atomic E-state index is 0.262. The largest absolute Gasteiger partial charge is 0.494 e. The van der Waals surface area contributed by atoms with Crippen molar-refractivity contribution in [3.63, 3.8) is 0 Å². The Kier molecular flexibility index (Phi) is 7.38. The maximum atomic E-state index is 13.4. The lowest BCUT2D eigenvalue weighted by molar-refractivity contribution is 0.309. The van der Waals surface area contributed by atoms with Crippen LogP contribution in [0.5, 0.6) is 5.75 Å². The molecule has 0 unspecified atom stereocenters. The van der Waals surface area contributed by atoms with Crippen molar-refractivity contribution < 1.29 is 4.74 Å². The van der Waals surface area contributed by atoms with Crippen LogP contribution in [-0.4, -0.2) is 31.0 Å². The number of benzene rings is 3. The van der Waals surface area contributed by atoms with Gasteiger partial charge in [0.05, 0.1) is 21.8 Å². The van der Waals surface area contributed by atoms with E-state index >= 15 is 0 Å². The molecule has 7 nitrogen and oxygen atoms in total. The van der Waals surface area contributed by atoms with Gasteiger partial charge in [0.25, 0.3) is 5.56 Å². The van der Waals surface area contributed by atoms with Gasteiger partial charge in [0.15, 0.2) is 5.82 Å². The Bertz CT molecular complexity index is 1910. The van der Waals surface area contributed by atoms with E-state index in [-0.39, 0.29) is 5.56 Å². The third kappa shape index (κ3) is 5.25. The average Bonchev–Trinajstić information content (AvgIpc) is 3.65. The van der Waals surface area contributed by atoms with Gasteiger partial charge < -0.3 is 4.74 Å². The molecule has 0 spiro atoms. The molecular weight excluding hydrogens is 565 g/mol. The normalized spacial score (nSPS) is 11.9. The van der Waals surface area contributed by atoms with Crippen LogP contribution in [0, 0.1) is 0 Å². The summed E-state index contributed by atoms with van der Waals surface area (Å²) in [5.74, 6) is 1.18. The number of thiazole rings is 1. The van der Waals surface area contributed by atoms with Gasteiger partial charge in [-0.25, -0.2) is 4.68 Å². The summed E-state index contributed by atoms with van der Waals surface area (Å²) in [4.78, 5) is 18.4. The summed E-state index contributed by atoms with van der Waals surface area (Å²) < 4.78 is 9.45. The van der Waals surface area contributed by atoms with Crippen LogP contribution < -0.4 is 14.8 Å². The Hall–Kier alpha value is -3.98. The molecule has 0 saturated carbocycles. The number of para-hydroxylation sites is 1. The molecule has 200 valence electrons. The van der Waals surface area contributed by atoms with Gasteiger partial charge >= 0.3 is 0 Å². The molecule has 0 fully saturated rings. The number of halogens is 2. The highest BCUT2D eigenvalue weighted by Crippen LogP contribution is 2.29. The Balaban J connectivity index is 1.41. The van der Waals surface area contributed by atoms with E-state index in [0.29, 0.717) is 37.5 Å². The highest BCUT2D eigenvalue weighted by molar-refractivity contribution is 7.15. The third-order valence-electron chi connectivity index (χ3n) is 6.30. The molecule has 0 N–H and O–H groups in total. The second kappa shape index (κ2) is 11.3. The second-order valence-corrected chi connectivity index (χ2v) is 11.0. The summed E-state index contributed by atoms with van der Waals surface area (Å²) in [6.07, 6.45) is 5.85. The van der Waals surface area contributed by atoms with E-state index < -0.39 is 0 Å². The van der Waals surface area contributed by atoms with Gasteiger partial charge in [-0.15, -0.1) is 5.10 Å². The van der Waals surface area contributed by atoms with Crippen molar-refractivity contribution in [3.8, 4) is 34.1 Å². The number of ether oxygens (including phenoxy) is 1. The first kappa shape index (κ1) is 26.3. The number of hydrogen-bond acceptors (Lipinski definition) is 6. The molecule has 0 aliphatic carbocycles. The summed E-state index contributed by atoms with van der Waals surface area (Å²) in [7, 11) is 0. The summed E-state index contributed by atoms with van der Waals surface area (Å²) in [6.45, 7) is 2.82. The number of hydrogen-bond donors (Lipinski definition) is 0. The summed E-state index contributed by atoms with van der Waals surface area (Å²) >= 11 is 13.6. The maximum Gasteiger partial charge on any atom is 0.291 e. The SMILES string of the molecule is CCCCOc1ccc(-c2nn(-c3ccccc3)cc2/C=c2\sc3nc(-c4ccc(Cl)cc4Cl)nn3c2=O)cc1. The van der Waals surface area contributed by atoms with Gasteiger partial charge in [-0.1, -0.05) is 66.1 Å². The van der Waals surface area contributed by atoms with Crippen LogP contribution in [0.15, 0.2) is 83.8 Å². The molecule has 0 radical (unpaired) electrons. The van der Waals surface area contributed by atoms with E-state index in [2.05, 4.69) is 17.0 Å². The van der Waals surface area contributed by atoms with Gasteiger partial charge in [0, 0.05) is 27.9 Å². The standard InChI is InChI=1S/C30H23Cl2N5O2S/c1-2-3-15-39-23-12-9-19(10-13-23)27-20(18-36(34-27)22-7-5-4-6-8-22)16-26-29(38)37-30(40-26)33-28(35-37)24-14-11-21(31)17-25(24)32/h4-14,16-18H,2-3,15H2,1H3/b26-16-. The quantitative estimate of drug-likeness (QED) is 0.185. The Morgan fingerprint density at radius 3 is 2.52 bits per heavy atom. The highest BCUT2D eigenvalue weighted by Gasteiger charge is 2.16.